The number of rotatable bonds is 9. The topological polar surface area (TPSA) is 84.6 Å². The maximum Gasteiger partial charge on any atom is 0.271 e. The molecular formula is C26H36N6O2. The van der Waals surface area contributed by atoms with E-state index in [1.54, 1.807) is 18.5 Å². The van der Waals surface area contributed by atoms with Gasteiger partial charge in [0, 0.05) is 63.3 Å². The van der Waals surface area contributed by atoms with Crippen molar-refractivity contribution in [3.8, 4) is 11.1 Å². The van der Waals surface area contributed by atoms with Crippen LogP contribution in [0.25, 0.3) is 11.1 Å². The number of hydrogen-bond donors (Lipinski definition) is 2. The molecule has 2 N–H and O–H groups in total. The highest BCUT2D eigenvalue weighted by Crippen LogP contribution is 2.34. The number of H-pyrrole nitrogens is 1. The van der Waals surface area contributed by atoms with Gasteiger partial charge < -0.3 is 25.0 Å². The van der Waals surface area contributed by atoms with E-state index in [1.165, 1.54) is 12.8 Å². The molecule has 2 aromatic rings. The largest absolute Gasteiger partial charge is 0.373 e. The molecule has 8 nitrogen and oxygen atoms in total. The lowest BCUT2D eigenvalue weighted by Crippen LogP contribution is -2.51. The van der Waals surface area contributed by atoms with Crippen LogP contribution in [-0.2, 0) is 4.79 Å². The number of nitrogens with zero attached hydrogens (tertiary/aromatic N) is 4. The molecular weight excluding hydrogens is 428 g/mol. The summed E-state index contributed by atoms with van der Waals surface area (Å²) in [6, 6.07) is 6.05. The second-order valence-electron chi connectivity index (χ2n) is 9.62. The van der Waals surface area contributed by atoms with Gasteiger partial charge in [0.25, 0.3) is 5.56 Å². The van der Waals surface area contributed by atoms with Crippen LogP contribution >= 0.6 is 0 Å². The van der Waals surface area contributed by atoms with Gasteiger partial charge in [-0.1, -0.05) is 6.08 Å². The minimum absolute atomic E-state index is 0.0527. The predicted octanol–water partition coefficient (Wildman–Crippen LogP) is 2.80. The Morgan fingerprint density at radius 1 is 1.26 bits per heavy atom. The Morgan fingerprint density at radius 2 is 2.09 bits per heavy atom. The smallest absolute Gasteiger partial charge is 0.271 e. The quantitative estimate of drug-likeness (QED) is 0.555. The van der Waals surface area contributed by atoms with Gasteiger partial charge in [-0.15, -0.1) is 0 Å². The maximum absolute atomic E-state index is 13.0. The highest BCUT2D eigenvalue weighted by atomic mass is 16.2. The number of piperidine rings is 1. The lowest BCUT2D eigenvalue weighted by Gasteiger charge is -2.40. The molecule has 2 aliphatic rings. The van der Waals surface area contributed by atoms with E-state index in [1.807, 2.05) is 55.2 Å². The Morgan fingerprint density at radius 3 is 2.82 bits per heavy atom. The fourth-order valence-corrected chi connectivity index (χ4v) is 4.50. The lowest BCUT2D eigenvalue weighted by atomic mass is 10.0. The van der Waals surface area contributed by atoms with E-state index < -0.39 is 0 Å². The van der Waals surface area contributed by atoms with Gasteiger partial charge in [-0.2, -0.15) is 0 Å². The van der Waals surface area contributed by atoms with Crippen LogP contribution in [0.1, 0.15) is 25.7 Å². The third kappa shape index (κ3) is 6.05. The van der Waals surface area contributed by atoms with Crippen molar-refractivity contribution in [2.45, 2.75) is 31.7 Å². The molecule has 182 valence electrons. The number of likely N-dealkylation sites (tertiary alicyclic amines) is 1. The molecule has 2 fully saturated rings. The standard InChI is InChI=1S/C26H36N6O2/c1-27-24-15-20(10-11-28-24)21-14-23(26(34)29-16-21)32(17-19-8-9-19)22-6-4-13-31(18-22)25(33)7-5-12-30(2)3/h5,7,10-11,14-16,19,22H,4,6,8-9,12-13,17-18H2,1-3H3,(H,27,28)(H,29,34)/b7-5+/t22-/m1/s1. The second-order valence-corrected chi connectivity index (χ2v) is 9.62. The molecule has 2 aromatic heterocycles. The average molecular weight is 465 g/mol. The van der Waals surface area contributed by atoms with E-state index in [0.717, 1.165) is 49.4 Å². The molecule has 0 radical (unpaired) electrons. The zero-order valence-electron chi connectivity index (χ0n) is 20.5. The first-order valence-corrected chi connectivity index (χ1v) is 12.2. The molecule has 8 heteroatoms. The number of aromatic amines is 1. The minimum atomic E-state index is -0.0818. The summed E-state index contributed by atoms with van der Waals surface area (Å²) < 4.78 is 0. The molecule has 1 aliphatic heterocycles. The molecule has 0 bridgehead atoms. The first-order chi connectivity index (χ1) is 16.4. The number of anilines is 2. The number of likely N-dealkylation sites (N-methyl/N-ethyl adjacent to an activating group) is 1. The number of pyridine rings is 2. The average Bonchev–Trinajstić information content (AvgIpc) is 3.67. The zero-order valence-corrected chi connectivity index (χ0v) is 20.5. The normalized spacial score (nSPS) is 18.5. The molecule has 0 spiro atoms. The van der Waals surface area contributed by atoms with Crippen LogP contribution in [0.3, 0.4) is 0 Å². The molecule has 3 heterocycles. The van der Waals surface area contributed by atoms with Gasteiger partial charge in [0.2, 0.25) is 5.91 Å². The molecule has 1 aliphatic carbocycles. The van der Waals surface area contributed by atoms with E-state index in [2.05, 4.69) is 20.2 Å². The first kappa shape index (κ1) is 24.0. The summed E-state index contributed by atoms with van der Waals surface area (Å²) in [5.74, 6) is 1.45. The Hall–Kier alpha value is -3.13. The predicted molar refractivity (Wildman–Crippen MR) is 137 cm³/mol. The van der Waals surface area contributed by atoms with Gasteiger partial charge in [0.1, 0.15) is 11.5 Å². The molecule has 4 rings (SSSR count). The number of carbonyl (C=O) groups is 1. The summed E-state index contributed by atoms with van der Waals surface area (Å²) in [6.45, 7) is 3.00. The number of amides is 1. The number of hydrogen-bond acceptors (Lipinski definition) is 6. The van der Waals surface area contributed by atoms with Gasteiger partial charge in [-0.25, -0.2) is 4.98 Å². The van der Waals surface area contributed by atoms with Crippen LogP contribution in [0.5, 0.6) is 0 Å². The van der Waals surface area contributed by atoms with E-state index in [4.69, 9.17) is 0 Å². The summed E-state index contributed by atoms with van der Waals surface area (Å²) in [4.78, 5) is 39.3. The van der Waals surface area contributed by atoms with Crippen LogP contribution in [0, 0.1) is 5.92 Å². The van der Waals surface area contributed by atoms with Crippen LogP contribution in [0.15, 0.2) is 47.5 Å². The van der Waals surface area contributed by atoms with Crippen LogP contribution in [0.2, 0.25) is 0 Å². The third-order valence-electron chi connectivity index (χ3n) is 6.57. The first-order valence-electron chi connectivity index (χ1n) is 12.2. The van der Waals surface area contributed by atoms with Crippen molar-refractivity contribution in [2.75, 3.05) is 57.5 Å². The van der Waals surface area contributed by atoms with Gasteiger partial charge >= 0.3 is 0 Å². The molecule has 1 saturated carbocycles. The van der Waals surface area contributed by atoms with Crippen molar-refractivity contribution in [1.82, 2.24) is 19.8 Å². The molecule has 1 amide bonds. The monoisotopic (exact) mass is 464 g/mol. The van der Waals surface area contributed by atoms with Gasteiger partial charge in [-0.3, -0.25) is 9.59 Å². The van der Waals surface area contributed by atoms with Gasteiger partial charge in [0.05, 0.1) is 0 Å². The number of aromatic nitrogens is 2. The summed E-state index contributed by atoms with van der Waals surface area (Å²) in [5, 5.41) is 3.07. The fraction of sp³-hybridized carbons (Fsp3) is 0.500. The fourth-order valence-electron chi connectivity index (χ4n) is 4.50. The van der Waals surface area contributed by atoms with E-state index in [9.17, 15) is 9.59 Å². The van der Waals surface area contributed by atoms with Crippen molar-refractivity contribution < 1.29 is 4.79 Å². The molecule has 1 atom stereocenters. The summed E-state index contributed by atoms with van der Waals surface area (Å²) in [6.07, 6.45) is 11.4. The summed E-state index contributed by atoms with van der Waals surface area (Å²) in [5.41, 5.74) is 2.55. The minimum Gasteiger partial charge on any atom is -0.373 e. The number of nitrogens with one attached hydrogen (secondary N) is 2. The van der Waals surface area contributed by atoms with Crippen molar-refractivity contribution in [2.24, 2.45) is 5.92 Å². The maximum atomic E-state index is 13.0. The van der Waals surface area contributed by atoms with E-state index in [-0.39, 0.29) is 17.5 Å². The molecule has 1 saturated heterocycles. The van der Waals surface area contributed by atoms with Gasteiger partial charge in [-0.05, 0) is 69.5 Å². The van der Waals surface area contributed by atoms with Crippen molar-refractivity contribution in [3.05, 3.63) is 53.1 Å². The van der Waals surface area contributed by atoms with E-state index in [0.29, 0.717) is 18.2 Å². The van der Waals surface area contributed by atoms with Crippen LogP contribution in [0.4, 0.5) is 11.5 Å². The summed E-state index contributed by atoms with van der Waals surface area (Å²) >= 11 is 0. The number of carbonyl (C=O) groups excluding carboxylic acids is 1. The Kier molecular flexibility index (Phi) is 7.67. The Labute approximate surface area is 201 Å². The van der Waals surface area contributed by atoms with E-state index >= 15 is 0 Å². The van der Waals surface area contributed by atoms with Gasteiger partial charge in [0.15, 0.2) is 0 Å². The van der Waals surface area contributed by atoms with Crippen LogP contribution < -0.4 is 15.8 Å². The lowest BCUT2D eigenvalue weighted by molar-refractivity contribution is -0.127. The zero-order chi connectivity index (χ0) is 24.1. The third-order valence-corrected chi connectivity index (χ3v) is 6.57. The van der Waals surface area contributed by atoms with Crippen molar-refractivity contribution in [1.29, 1.82) is 0 Å². The SMILES string of the molecule is CNc1cc(-c2c[nH]c(=O)c(N(CC3CC3)[C@@H]3CCCN(C(=O)/C=C/CN(C)C)C3)c2)ccn1. The van der Waals surface area contributed by atoms with Crippen LogP contribution in [-0.4, -0.2) is 79.0 Å². The highest BCUT2D eigenvalue weighted by Gasteiger charge is 2.33. The summed E-state index contributed by atoms with van der Waals surface area (Å²) in [7, 11) is 5.81. The second kappa shape index (κ2) is 10.9. The Bertz CT molecular complexity index is 1070. The Balaban J connectivity index is 1.58. The molecule has 0 aromatic carbocycles. The van der Waals surface area contributed by atoms with Crippen molar-refractivity contribution in [3.63, 3.8) is 0 Å². The molecule has 34 heavy (non-hydrogen) atoms. The highest BCUT2D eigenvalue weighted by molar-refractivity contribution is 5.87. The molecule has 0 unspecified atom stereocenters. The van der Waals surface area contributed by atoms with Crippen molar-refractivity contribution >= 4 is 17.4 Å².